The van der Waals surface area contributed by atoms with Gasteiger partial charge in [0.1, 0.15) is 0 Å². The van der Waals surface area contributed by atoms with Crippen LogP contribution in [0.5, 0.6) is 11.5 Å². The normalized spacial score (nSPS) is 10.3. The molecule has 6 nitrogen and oxygen atoms in total. The van der Waals surface area contributed by atoms with E-state index in [9.17, 15) is 9.59 Å². The number of methoxy groups -OCH3 is 2. The second kappa shape index (κ2) is 9.12. The molecule has 0 heterocycles. The molecule has 0 radical (unpaired) electrons. The number of amides is 1. The number of anilines is 1. The van der Waals surface area contributed by atoms with E-state index in [0.717, 1.165) is 5.56 Å². The van der Waals surface area contributed by atoms with Gasteiger partial charge >= 0.3 is 5.97 Å². The van der Waals surface area contributed by atoms with E-state index in [1.165, 1.54) is 13.2 Å². The number of carbonyl (C=O) groups is 2. The van der Waals surface area contributed by atoms with Crippen molar-refractivity contribution in [2.75, 3.05) is 26.1 Å². The zero-order valence-corrected chi connectivity index (χ0v) is 14.0. The number of ether oxygens (including phenoxy) is 3. The van der Waals surface area contributed by atoms with E-state index >= 15 is 0 Å². The van der Waals surface area contributed by atoms with E-state index in [1.54, 1.807) is 55.7 Å². The van der Waals surface area contributed by atoms with Gasteiger partial charge in [0.25, 0.3) is 5.91 Å². The molecule has 2 aromatic rings. The van der Waals surface area contributed by atoms with Crippen LogP contribution < -0.4 is 14.8 Å². The van der Waals surface area contributed by atoms with Gasteiger partial charge in [0, 0.05) is 11.8 Å². The van der Waals surface area contributed by atoms with Crippen molar-refractivity contribution >= 4 is 23.6 Å². The van der Waals surface area contributed by atoms with Gasteiger partial charge in [-0.1, -0.05) is 24.3 Å². The molecule has 2 rings (SSSR count). The summed E-state index contributed by atoms with van der Waals surface area (Å²) >= 11 is 0. The Hall–Kier alpha value is -3.28. The van der Waals surface area contributed by atoms with Crippen LogP contribution in [-0.4, -0.2) is 32.7 Å². The molecule has 0 aliphatic heterocycles. The van der Waals surface area contributed by atoms with E-state index in [4.69, 9.17) is 14.2 Å². The molecule has 0 aliphatic carbocycles. The molecule has 1 N–H and O–H groups in total. The minimum atomic E-state index is -0.613. The predicted octanol–water partition coefficient (Wildman–Crippen LogP) is 2.90. The Balaban J connectivity index is 1.85. The maximum atomic E-state index is 11.7. The van der Waals surface area contributed by atoms with Gasteiger partial charge in [-0.2, -0.15) is 0 Å². The Morgan fingerprint density at radius 2 is 1.72 bits per heavy atom. The summed E-state index contributed by atoms with van der Waals surface area (Å²) in [5.74, 6) is 0.136. The summed E-state index contributed by atoms with van der Waals surface area (Å²) in [5, 5.41) is 2.63. The fourth-order valence-electron chi connectivity index (χ4n) is 2.02. The van der Waals surface area contributed by atoms with Gasteiger partial charge in [-0.25, -0.2) is 4.79 Å². The second-order valence-electron chi connectivity index (χ2n) is 4.97. The highest BCUT2D eigenvalue weighted by Crippen LogP contribution is 2.27. The Morgan fingerprint density at radius 1 is 1.00 bits per heavy atom. The minimum Gasteiger partial charge on any atom is -0.493 e. The Labute approximate surface area is 146 Å². The van der Waals surface area contributed by atoms with E-state index in [0.29, 0.717) is 17.2 Å². The lowest BCUT2D eigenvalue weighted by atomic mass is 10.2. The first-order valence-corrected chi connectivity index (χ1v) is 7.54. The topological polar surface area (TPSA) is 73.9 Å². The van der Waals surface area contributed by atoms with Gasteiger partial charge in [0.2, 0.25) is 0 Å². The van der Waals surface area contributed by atoms with Crippen LogP contribution in [0.25, 0.3) is 6.08 Å². The van der Waals surface area contributed by atoms with Crippen LogP contribution in [0, 0.1) is 0 Å². The molecule has 25 heavy (non-hydrogen) atoms. The maximum Gasteiger partial charge on any atom is 0.331 e. The molecule has 0 aromatic heterocycles. The summed E-state index contributed by atoms with van der Waals surface area (Å²) in [5.41, 5.74) is 1.38. The Bertz CT molecular complexity index is 756. The van der Waals surface area contributed by atoms with Gasteiger partial charge in [-0.15, -0.1) is 0 Å². The first-order valence-electron chi connectivity index (χ1n) is 7.54. The SMILES string of the molecule is COc1ccc(/C=C/C(=O)OCC(=O)Nc2ccccc2)cc1OC. The summed E-state index contributed by atoms with van der Waals surface area (Å²) in [6, 6.07) is 14.2. The third-order valence-corrected chi connectivity index (χ3v) is 3.22. The van der Waals surface area contributed by atoms with E-state index < -0.39 is 11.9 Å². The quantitative estimate of drug-likeness (QED) is 0.619. The van der Waals surface area contributed by atoms with Crippen molar-refractivity contribution in [3.8, 4) is 11.5 Å². The van der Waals surface area contributed by atoms with Crippen molar-refractivity contribution in [2.24, 2.45) is 0 Å². The Morgan fingerprint density at radius 3 is 2.40 bits per heavy atom. The molecule has 0 spiro atoms. The molecule has 0 bridgehead atoms. The lowest BCUT2D eigenvalue weighted by Crippen LogP contribution is -2.20. The summed E-state index contributed by atoms with van der Waals surface area (Å²) < 4.78 is 15.2. The van der Waals surface area contributed by atoms with Crippen LogP contribution in [0.15, 0.2) is 54.6 Å². The molecule has 0 fully saturated rings. The van der Waals surface area contributed by atoms with Crippen molar-refractivity contribution in [1.29, 1.82) is 0 Å². The number of hydrogen-bond acceptors (Lipinski definition) is 5. The highest BCUT2D eigenvalue weighted by atomic mass is 16.5. The number of benzene rings is 2. The van der Waals surface area contributed by atoms with Crippen molar-refractivity contribution in [2.45, 2.75) is 0 Å². The summed E-state index contributed by atoms with van der Waals surface area (Å²) in [4.78, 5) is 23.4. The highest BCUT2D eigenvalue weighted by Gasteiger charge is 2.06. The maximum absolute atomic E-state index is 11.7. The predicted molar refractivity (Wildman–Crippen MR) is 94.6 cm³/mol. The van der Waals surface area contributed by atoms with Gasteiger partial charge in [0.15, 0.2) is 18.1 Å². The molecule has 130 valence electrons. The lowest BCUT2D eigenvalue weighted by molar-refractivity contribution is -0.142. The summed E-state index contributed by atoms with van der Waals surface area (Å²) in [6.45, 7) is -0.357. The molecular weight excluding hydrogens is 322 g/mol. The number of nitrogens with one attached hydrogen (secondary N) is 1. The summed E-state index contributed by atoms with van der Waals surface area (Å²) in [7, 11) is 3.08. The van der Waals surface area contributed by atoms with Gasteiger partial charge in [-0.05, 0) is 35.9 Å². The molecule has 0 saturated heterocycles. The number of hydrogen-bond donors (Lipinski definition) is 1. The number of rotatable bonds is 7. The van der Waals surface area contributed by atoms with Gasteiger partial charge in [-0.3, -0.25) is 4.79 Å². The van der Waals surface area contributed by atoms with Crippen LogP contribution in [0.4, 0.5) is 5.69 Å². The van der Waals surface area contributed by atoms with Crippen LogP contribution in [0.1, 0.15) is 5.56 Å². The van der Waals surface area contributed by atoms with Gasteiger partial charge < -0.3 is 19.5 Å². The first kappa shape index (κ1) is 18.1. The van der Waals surface area contributed by atoms with Crippen LogP contribution in [0.3, 0.4) is 0 Å². The van der Waals surface area contributed by atoms with Crippen LogP contribution >= 0.6 is 0 Å². The van der Waals surface area contributed by atoms with E-state index in [2.05, 4.69) is 5.32 Å². The zero-order chi connectivity index (χ0) is 18.1. The fourth-order valence-corrected chi connectivity index (χ4v) is 2.02. The monoisotopic (exact) mass is 341 g/mol. The standard InChI is InChI=1S/C19H19NO5/c1-23-16-10-8-14(12-17(16)24-2)9-11-19(22)25-13-18(21)20-15-6-4-3-5-7-15/h3-12H,13H2,1-2H3,(H,20,21)/b11-9+. The molecule has 6 heteroatoms. The summed E-state index contributed by atoms with van der Waals surface area (Å²) in [6.07, 6.45) is 2.82. The van der Waals surface area contributed by atoms with Crippen molar-refractivity contribution in [3.05, 3.63) is 60.2 Å². The molecule has 0 saturated carbocycles. The third-order valence-electron chi connectivity index (χ3n) is 3.22. The minimum absolute atomic E-state index is 0.357. The first-order chi connectivity index (χ1) is 12.1. The highest BCUT2D eigenvalue weighted by molar-refractivity contribution is 5.94. The molecular formula is C19H19NO5. The molecule has 0 aliphatic rings. The second-order valence-corrected chi connectivity index (χ2v) is 4.97. The lowest BCUT2D eigenvalue weighted by Gasteiger charge is -2.07. The van der Waals surface area contributed by atoms with Crippen molar-refractivity contribution in [3.63, 3.8) is 0 Å². The van der Waals surface area contributed by atoms with Gasteiger partial charge in [0.05, 0.1) is 14.2 Å². The number of carbonyl (C=O) groups excluding carboxylic acids is 2. The van der Waals surface area contributed by atoms with Crippen molar-refractivity contribution < 1.29 is 23.8 Å². The number of esters is 1. The molecule has 2 aromatic carbocycles. The smallest absolute Gasteiger partial charge is 0.331 e. The Kier molecular flexibility index (Phi) is 6.59. The zero-order valence-electron chi connectivity index (χ0n) is 14.0. The van der Waals surface area contributed by atoms with Crippen LogP contribution in [0.2, 0.25) is 0 Å². The van der Waals surface area contributed by atoms with E-state index in [1.807, 2.05) is 6.07 Å². The largest absolute Gasteiger partial charge is 0.493 e. The molecule has 0 unspecified atom stereocenters. The molecule has 1 amide bonds. The number of para-hydroxylation sites is 1. The molecule has 0 atom stereocenters. The average Bonchev–Trinajstić information content (AvgIpc) is 2.65. The third kappa shape index (κ3) is 5.69. The van der Waals surface area contributed by atoms with Crippen LogP contribution in [-0.2, 0) is 14.3 Å². The van der Waals surface area contributed by atoms with Crippen molar-refractivity contribution in [1.82, 2.24) is 0 Å². The fraction of sp³-hybridized carbons (Fsp3) is 0.158. The van der Waals surface area contributed by atoms with E-state index in [-0.39, 0.29) is 6.61 Å². The average molecular weight is 341 g/mol.